The van der Waals surface area contributed by atoms with Crippen LogP contribution in [0.25, 0.3) is 22.0 Å². The minimum atomic E-state index is -4.36. The van der Waals surface area contributed by atoms with E-state index in [1.54, 1.807) is 54.5 Å². The number of hydrogen-bond donors (Lipinski definition) is 1. The van der Waals surface area contributed by atoms with Crippen molar-refractivity contribution in [2.75, 3.05) is 24.2 Å². The van der Waals surface area contributed by atoms with E-state index in [4.69, 9.17) is 14.5 Å². The van der Waals surface area contributed by atoms with Gasteiger partial charge < -0.3 is 19.7 Å². The zero-order valence-electron chi connectivity index (χ0n) is 28.1. The zero-order chi connectivity index (χ0) is 35.6. The number of amides is 1. The van der Waals surface area contributed by atoms with E-state index in [1.807, 2.05) is 20.8 Å². The second kappa shape index (κ2) is 14.2. The summed E-state index contributed by atoms with van der Waals surface area (Å²) in [7, 11) is -4.36. The Morgan fingerprint density at radius 1 is 1.06 bits per heavy atom. The number of rotatable bonds is 10. The number of carbonyl (C=O) groups is 1. The highest BCUT2D eigenvalue weighted by molar-refractivity contribution is 7.90. The van der Waals surface area contributed by atoms with Gasteiger partial charge in [-0.2, -0.15) is 0 Å². The molecule has 0 radical (unpaired) electrons. The lowest BCUT2D eigenvalue weighted by atomic mass is 10.0. The fourth-order valence-corrected chi connectivity index (χ4v) is 7.29. The van der Waals surface area contributed by atoms with Gasteiger partial charge in [-0.3, -0.25) is 0 Å². The molecule has 2 aromatic heterocycles. The molecule has 1 aliphatic heterocycles. The van der Waals surface area contributed by atoms with Gasteiger partial charge in [0, 0.05) is 48.9 Å². The number of carbonyl (C=O) groups excluding carboxylic acids is 1. The van der Waals surface area contributed by atoms with Crippen molar-refractivity contribution in [3.8, 4) is 22.9 Å². The lowest BCUT2D eigenvalue weighted by Crippen LogP contribution is -2.47. The number of aromatic nitrogens is 3. The highest BCUT2D eigenvalue weighted by Gasteiger charge is 2.34. The molecule has 1 N–H and O–H groups in total. The third kappa shape index (κ3) is 8.97. The first-order chi connectivity index (χ1) is 23.0. The molecule has 1 atom stereocenters. The van der Waals surface area contributed by atoms with Gasteiger partial charge in [-0.15, -0.1) is 0 Å². The summed E-state index contributed by atoms with van der Waals surface area (Å²) < 4.78 is 80.5. The molecule has 1 aliphatic rings. The van der Waals surface area contributed by atoms with Crippen molar-refractivity contribution in [3.63, 3.8) is 0 Å². The molecule has 4 aromatic rings. The summed E-state index contributed by atoms with van der Waals surface area (Å²) >= 11 is 0. The number of halogens is 3. The molecule has 262 valence electrons. The second-order valence-corrected chi connectivity index (χ2v) is 15.3. The van der Waals surface area contributed by atoms with Crippen molar-refractivity contribution in [3.05, 3.63) is 71.8 Å². The summed E-state index contributed by atoms with van der Waals surface area (Å²) in [6.45, 7) is 9.47. The molecule has 5 rings (SSSR count). The van der Waals surface area contributed by atoms with E-state index >= 15 is 4.39 Å². The largest absolute Gasteiger partial charge is 0.444 e. The number of piperidine rings is 1. The van der Waals surface area contributed by atoms with Crippen molar-refractivity contribution in [2.24, 2.45) is 0 Å². The zero-order valence-corrected chi connectivity index (χ0v) is 28.9. The summed E-state index contributed by atoms with van der Waals surface area (Å²) in [5.74, 6) is -5.69. The predicted octanol–water partition coefficient (Wildman–Crippen LogP) is 7.70. The lowest BCUT2D eigenvalue weighted by molar-refractivity contribution is 0.0201. The number of alkyl halides is 2. The quantitative estimate of drug-likeness (QED) is 0.177. The van der Waals surface area contributed by atoms with Gasteiger partial charge in [0.1, 0.15) is 22.9 Å². The molecular weight excluding hydrogens is 659 g/mol. The van der Waals surface area contributed by atoms with Crippen LogP contribution < -0.4 is 10.1 Å². The minimum Gasteiger partial charge on any atom is -0.444 e. The number of aryl methyl sites for hydroxylation is 1. The summed E-state index contributed by atoms with van der Waals surface area (Å²) in [6, 6.07) is 10.9. The Kier molecular flexibility index (Phi) is 10.4. The molecule has 3 heterocycles. The van der Waals surface area contributed by atoms with Crippen LogP contribution in [-0.2, 0) is 20.3 Å². The molecule has 2 aromatic carbocycles. The Balaban J connectivity index is 1.41. The normalized spacial score (nSPS) is 15.7. The number of ether oxygens (including phenoxy) is 2. The summed E-state index contributed by atoms with van der Waals surface area (Å²) in [6.07, 6.45) is 3.70. The van der Waals surface area contributed by atoms with Crippen molar-refractivity contribution in [1.82, 2.24) is 19.9 Å². The van der Waals surface area contributed by atoms with Crippen molar-refractivity contribution in [2.45, 2.75) is 77.2 Å². The number of fused-ring (bicyclic) bond motifs is 1. The van der Waals surface area contributed by atoms with Crippen LogP contribution >= 0.6 is 0 Å². The molecule has 14 heteroatoms. The van der Waals surface area contributed by atoms with Gasteiger partial charge in [-0.05, 0) is 81.8 Å². The number of hydrogen-bond acceptors (Lipinski definition) is 9. The highest BCUT2D eigenvalue weighted by Crippen LogP contribution is 2.39. The topological polar surface area (TPSA) is 124 Å². The summed E-state index contributed by atoms with van der Waals surface area (Å²) in [5.41, 5.74) is 0.855. The van der Waals surface area contributed by atoms with Crippen LogP contribution in [0.4, 0.5) is 23.9 Å². The number of anilines is 1. The number of benzene rings is 2. The fourth-order valence-electron chi connectivity index (χ4n) is 5.61. The Hall–Kier alpha value is -4.46. The van der Waals surface area contributed by atoms with E-state index in [2.05, 4.69) is 15.3 Å². The molecule has 1 fully saturated rings. The van der Waals surface area contributed by atoms with Crippen LogP contribution in [0.2, 0.25) is 0 Å². The van der Waals surface area contributed by atoms with Gasteiger partial charge in [0.15, 0.2) is 9.84 Å². The monoisotopic (exact) mass is 699 g/mol. The van der Waals surface area contributed by atoms with Crippen LogP contribution in [0.1, 0.15) is 58.1 Å². The Morgan fingerprint density at radius 2 is 1.82 bits per heavy atom. The number of likely N-dealkylation sites (tertiary alicyclic amines) is 1. The fraction of sp³-hybridized carbons (Fsp3) is 0.429. The molecule has 10 nitrogen and oxygen atoms in total. The van der Waals surface area contributed by atoms with Gasteiger partial charge in [0.05, 0.1) is 17.0 Å². The van der Waals surface area contributed by atoms with Crippen molar-refractivity contribution >= 4 is 32.7 Å². The van der Waals surface area contributed by atoms with Crippen molar-refractivity contribution in [1.29, 1.82) is 0 Å². The number of sulfone groups is 1. The summed E-state index contributed by atoms with van der Waals surface area (Å²) in [4.78, 5) is 27.8. The van der Waals surface area contributed by atoms with Crippen LogP contribution in [-0.4, -0.2) is 70.8 Å². The number of nitrogens with zero attached hydrogens (tertiary/aromatic N) is 4. The lowest BCUT2D eigenvalue weighted by Gasteiger charge is -2.34. The maximum Gasteiger partial charge on any atom is 0.410 e. The van der Waals surface area contributed by atoms with Crippen molar-refractivity contribution < 1.29 is 35.9 Å². The van der Waals surface area contributed by atoms with Crippen LogP contribution in [0.5, 0.6) is 11.6 Å². The molecule has 0 unspecified atom stereocenters. The smallest absolute Gasteiger partial charge is 0.410 e. The molecule has 1 saturated heterocycles. The Labute approximate surface area is 284 Å². The first-order valence-corrected chi connectivity index (χ1v) is 17.9. The van der Waals surface area contributed by atoms with Gasteiger partial charge >= 0.3 is 6.09 Å². The van der Waals surface area contributed by atoms with Gasteiger partial charge in [0.25, 0.3) is 5.92 Å². The number of pyridine rings is 1. The van der Waals surface area contributed by atoms with E-state index in [1.165, 1.54) is 13.0 Å². The van der Waals surface area contributed by atoms with E-state index in [9.17, 15) is 22.0 Å². The van der Waals surface area contributed by atoms with Crippen LogP contribution in [0, 0.1) is 12.7 Å². The molecular formula is C35H40F3N5O5S. The molecule has 0 saturated carbocycles. The highest BCUT2D eigenvalue weighted by atomic mass is 32.2. The average Bonchev–Trinajstić information content (AvgIpc) is 3.03. The maximum atomic E-state index is 15.1. The summed E-state index contributed by atoms with van der Waals surface area (Å²) in [5, 5.41) is 3.94. The van der Waals surface area contributed by atoms with Crippen LogP contribution in [0.3, 0.4) is 0 Å². The third-order valence-corrected chi connectivity index (χ3v) is 9.61. The molecule has 0 aliphatic carbocycles. The Morgan fingerprint density at radius 3 is 2.55 bits per heavy atom. The van der Waals surface area contributed by atoms with Gasteiger partial charge in [-0.25, -0.2) is 41.3 Å². The minimum absolute atomic E-state index is 0.105. The third-order valence-electron chi connectivity index (χ3n) is 8.02. The van der Waals surface area contributed by atoms with Gasteiger partial charge in [-0.1, -0.05) is 19.1 Å². The first kappa shape index (κ1) is 35.8. The molecule has 0 spiro atoms. The second-order valence-electron chi connectivity index (χ2n) is 13.2. The van der Waals surface area contributed by atoms with Gasteiger partial charge in [0.2, 0.25) is 11.8 Å². The van der Waals surface area contributed by atoms with E-state index in [0.717, 1.165) is 18.9 Å². The van der Waals surface area contributed by atoms with E-state index in [0.29, 0.717) is 47.0 Å². The SMILES string of the molecule is CCC(F)(F)CS(=O)(=O)Cc1c(F)ccc2c(Oc3ncccc3-c3ccnc(N[C@H]4CCCN(C(=O)OC(C)(C)C)C4)n3)c(C)ccc12. The average molecular weight is 700 g/mol. The predicted molar refractivity (Wildman–Crippen MR) is 181 cm³/mol. The van der Waals surface area contributed by atoms with E-state index < -0.39 is 45.1 Å². The Bertz CT molecular complexity index is 1950. The standard InChI is InChI=1S/C35H40F3N5O5S/c1-6-35(37,38)21-49(45,46)20-27-24-12-11-22(2)30(25(24)13-14-28(27)36)47-31-26(10-7-16-39-31)29-15-17-40-32(42-29)41-23-9-8-18-43(19-23)33(44)48-34(3,4)5/h7,10-17,23H,6,8-9,18-21H2,1-5H3,(H,40,41,42)/t23-/m0/s1. The molecule has 0 bridgehead atoms. The number of nitrogens with one attached hydrogen (secondary N) is 1. The first-order valence-electron chi connectivity index (χ1n) is 16.0. The molecule has 1 amide bonds. The van der Waals surface area contributed by atoms with E-state index in [-0.39, 0.29) is 29.0 Å². The molecule has 49 heavy (non-hydrogen) atoms. The van der Waals surface area contributed by atoms with Crippen LogP contribution in [0.15, 0.2) is 54.9 Å². The maximum absolute atomic E-state index is 15.1.